The van der Waals surface area contributed by atoms with Gasteiger partial charge in [0, 0.05) is 16.8 Å². The van der Waals surface area contributed by atoms with Gasteiger partial charge in [0.25, 0.3) is 5.91 Å². The lowest BCUT2D eigenvalue weighted by Crippen LogP contribution is -2.12. The highest BCUT2D eigenvalue weighted by Crippen LogP contribution is 2.21. The van der Waals surface area contributed by atoms with Crippen LogP contribution in [0.4, 0.5) is 5.69 Å². The third-order valence-electron chi connectivity index (χ3n) is 4.63. The van der Waals surface area contributed by atoms with Gasteiger partial charge in [0.15, 0.2) is 11.5 Å². The van der Waals surface area contributed by atoms with Gasteiger partial charge in [-0.15, -0.1) is 10.2 Å². The van der Waals surface area contributed by atoms with Gasteiger partial charge in [-0.2, -0.15) is 9.61 Å². The topological polar surface area (TPSA) is 72.2 Å². The molecule has 0 spiro atoms. The van der Waals surface area contributed by atoms with E-state index < -0.39 is 0 Å². The number of nitrogens with one attached hydrogen (secondary N) is 1. The molecule has 2 aromatic carbocycles. The minimum atomic E-state index is -0.120. The van der Waals surface area contributed by atoms with Crippen LogP contribution in [0.1, 0.15) is 27.3 Å². The second-order valence-electron chi connectivity index (χ2n) is 6.57. The van der Waals surface area contributed by atoms with Crippen LogP contribution in [0.5, 0.6) is 0 Å². The normalized spacial score (nSPS) is 10.9. The molecule has 4 rings (SSSR count). The van der Waals surface area contributed by atoms with Gasteiger partial charge >= 0.3 is 0 Å². The summed E-state index contributed by atoms with van der Waals surface area (Å²) < 4.78 is 1.71. The summed E-state index contributed by atoms with van der Waals surface area (Å²) in [6.07, 6.45) is 0. The molecule has 6 nitrogen and oxygen atoms in total. The Labute approximate surface area is 156 Å². The third-order valence-corrected chi connectivity index (χ3v) is 4.63. The molecule has 134 valence electrons. The SMILES string of the molecule is Cc1ccc(C(=O)Nc2ccc(-c3ccc4nnc(C)n4n3)cc2)cc1C. The number of amides is 1. The highest BCUT2D eigenvalue weighted by atomic mass is 16.1. The molecule has 1 N–H and O–H groups in total. The Morgan fingerprint density at radius 1 is 0.889 bits per heavy atom. The summed E-state index contributed by atoms with van der Waals surface area (Å²) in [6.45, 7) is 5.90. The molecule has 0 aliphatic rings. The average molecular weight is 357 g/mol. The number of benzene rings is 2. The van der Waals surface area contributed by atoms with Crippen molar-refractivity contribution in [2.75, 3.05) is 5.32 Å². The molecule has 4 aromatic rings. The van der Waals surface area contributed by atoms with E-state index in [-0.39, 0.29) is 5.91 Å². The van der Waals surface area contributed by atoms with E-state index in [1.165, 1.54) is 5.56 Å². The Hall–Kier alpha value is -3.54. The monoisotopic (exact) mass is 357 g/mol. The number of hydrogen-bond acceptors (Lipinski definition) is 4. The molecular weight excluding hydrogens is 338 g/mol. The van der Waals surface area contributed by atoms with Crippen LogP contribution in [-0.2, 0) is 0 Å². The fraction of sp³-hybridized carbons (Fsp3) is 0.143. The second kappa shape index (κ2) is 6.64. The molecule has 2 heterocycles. The maximum absolute atomic E-state index is 12.4. The number of rotatable bonds is 3. The fourth-order valence-corrected chi connectivity index (χ4v) is 2.86. The lowest BCUT2D eigenvalue weighted by molar-refractivity contribution is 0.102. The van der Waals surface area contributed by atoms with E-state index in [0.717, 1.165) is 28.3 Å². The van der Waals surface area contributed by atoms with Crippen LogP contribution in [0.25, 0.3) is 16.9 Å². The van der Waals surface area contributed by atoms with E-state index in [1.807, 2.05) is 75.4 Å². The predicted octanol–water partition coefficient (Wildman–Crippen LogP) is 3.97. The Morgan fingerprint density at radius 2 is 1.67 bits per heavy atom. The van der Waals surface area contributed by atoms with E-state index in [2.05, 4.69) is 20.6 Å². The Morgan fingerprint density at radius 3 is 2.41 bits per heavy atom. The molecule has 0 saturated carbocycles. The van der Waals surface area contributed by atoms with Gasteiger partial charge in [0.1, 0.15) is 0 Å². The number of hydrogen-bond donors (Lipinski definition) is 1. The summed E-state index contributed by atoms with van der Waals surface area (Å²) in [5, 5.41) is 15.6. The van der Waals surface area contributed by atoms with Crippen molar-refractivity contribution in [1.82, 2.24) is 19.8 Å². The first-order valence-electron chi connectivity index (χ1n) is 8.69. The van der Waals surface area contributed by atoms with Crippen molar-refractivity contribution in [1.29, 1.82) is 0 Å². The number of fused-ring (bicyclic) bond motifs is 1. The second-order valence-corrected chi connectivity index (χ2v) is 6.57. The number of aryl methyl sites for hydroxylation is 3. The zero-order chi connectivity index (χ0) is 19.0. The lowest BCUT2D eigenvalue weighted by Gasteiger charge is -2.08. The first-order valence-corrected chi connectivity index (χ1v) is 8.69. The van der Waals surface area contributed by atoms with Crippen molar-refractivity contribution < 1.29 is 4.79 Å². The smallest absolute Gasteiger partial charge is 0.255 e. The Bertz CT molecular complexity index is 1150. The summed E-state index contributed by atoms with van der Waals surface area (Å²) in [4.78, 5) is 12.4. The Kier molecular flexibility index (Phi) is 4.16. The Balaban J connectivity index is 1.55. The van der Waals surface area contributed by atoms with E-state index in [9.17, 15) is 4.79 Å². The van der Waals surface area contributed by atoms with E-state index in [0.29, 0.717) is 11.2 Å². The minimum Gasteiger partial charge on any atom is -0.322 e. The molecule has 0 unspecified atom stereocenters. The summed E-state index contributed by atoms with van der Waals surface area (Å²) in [6, 6.07) is 17.1. The maximum Gasteiger partial charge on any atom is 0.255 e. The standard InChI is InChI=1S/C21H19N5O/c1-13-4-5-17(12-14(13)2)21(27)22-18-8-6-16(7-9-18)19-10-11-20-24-23-15(3)26(20)25-19/h4-12H,1-3H3,(H,22,27). The van der Waals surface area contributed by atoms with Crippen LogP contribution < -0.4 is 5.32 Å². The number of aromatic nitrogens is 4. The number of anilines is 1. The van der Waals surface area contributed by atoms with Gasteiger partial charge in [0.2, 0.25) is 0 Å². The summed E-state index contributed by atoms with van der Waals surface area (Å²) in [5.74, 6) is 0.620. The van der Waals surface area contributed by atoms with Crippen LogP contribution in [0.2, 0.25) is 0 Å². The molecule has 0 aliphatic carbocycles. The molecule has 0 fully saturated rings. The van der Waals surface area contributed by atoms with Gasteiger partial charge < -0.3 is 5.32 Å². The number of nitrogens with zero attached hydrogens (tertiary/aromatic N) is 4. The van der Waals surface area contributed by atoms with E-state index in [1.54, 1.807) is 4.52 Å². The predicted molar refractivity (Wildman–Crippen MR) is 105 cm³/mol. The molecule has 0 aliphatic heterocycles. The lowest BCUT2D eigenvalue weighted by atomic mass is 10.1. The van der Waals surface area contributed by atoms with Crippen LogP contribution in [-0.4, -0.2) is 25.7 Å². The first-order chi connectivity index (χ1) is 13.0. The largest absolute Gasteiger partial charge is 0.322 e. The molecule has 0 bridgehead atoms. The molecule has 0 atom stereocenters. The maximum atomic E-state index is 12.4. The van der Waals surface area contributed by atoms with Crippen molar-refractivity contribution in [3.05, 3.63) is 77.1 Å². The first kappa shape index (κ1) is 16.9. The van der Waals surface area contributed by atoms with Gasteiger partial charge in [-0.25, -0.2) is 0 Å². The molecule has 2 aromatic heterocycles. The van der Waals surface area contributed by atoms with Gasteiger partial charge in [-0.3, -0.25) is 4.79 Å². The molecule has 6 heteroatoms. The summed E-state index contributed by atoms with van der Waals surface area (Å²) >= 11 is 0. The van der Waals surface area contributed by atoms with E-state index in [4.69, 9.17) is 0 Å². The zero-order valence-electron chi connectivity index (χ0n) is 15.4. The quantitative estimate of drug-likeness (QED) is 0.602. The van der Waals surface area contributed by atoms with Crippen LogP contribution in [0, 0.1) is 20.8 Å². The molecule has 0 saturated heterocycles. The molecular formula is C21H19N5O. The van der Waals surface area contributed by atoms with Crippen molar-refractivity contribution in [3.8, 4) is 11.3 Å². The zero-order valence-corrected chi connectivity index (χ0v) is 15.4. The van der Waals surface area contributed by atoms with Crippen molar-refractivity contribution in [2.24, 2.45) is 0 Å². The number of carbonyl (C=O) groups excluding carboxylic acids is 1. The summed E-state index contributed by atoms with van der Waals surface area (Å²) in [5.41, 5.74) is 6.15. The molecule has 0 radical (unpaired) electrons. The summed E-state index contributed by atoms with van der Waals surface area (Å²) in [7, 11) is 0. The van der Waals surface area contributed by atoms with Crippen LogP contribution in [0.15, 0.2) is 54.6 Å². The van der Waals surface area contributed by atoms with Crippen molar-refractivity contribution >= 4 is 17.2 Å². The fourth-order valence-electron chi connectivity index (χ4n) is 2.86. The van der Waals surface area contributed by atoms with Crippen LogP contribution in [0.3, 0.4) is 0 Å². The molecule has 27 heavy (non-hydrogen) atoms. The third kappa shape index (κ3) is 3.29. The van der Waals surface area contributed by atoms with Gasteiger partial charge in [-0.05, 0) is 68.3 Å². The molecule has 1 amide bonds. The van der Waals surface area contributed by atoms with E-state index >= 15 is 0 Å². The highest BCUT2D eigenvalue weighted by Gasteiger charge is 2.09. The van der Waals surface area contributed by atoms with Gasteiger partial charge in [0.05, 0.1) is 5.69 Å². The number of carbonyl (C=O) groups is 1. The van der Waals surface area contributed by atoms with Crippen molar-refractivity contribution in [3.63, 3.8) is 0 Å². The van der Waals surface area contributed by atoms with Gasteiger partial charge in [-0.1, -0.05) is 18.2 Å². The van der Waals surface area contributed by atoms with Crippen LogP contribution >= 0.6 is 0 Å². The van der Waals surface area contributed by atoms with Crippen molar-refractivity contribution in [2.45, 2.75) is 20.8 Å². The average Bonchev–Trinajstić information content (AvgIpc) is 3.05. The highest BCUT2D eigenvalue weighted by molar-refractivity contribution is 6.04. The minimum absolute atomic E-state index is 0.120.